The molecule has 0 heterocycles. The molecule has 5 heteroatoms. The van der Waals surface area contributed by atoms with E-state index >= 15 is 0 Å². The minimum absolute atomic E-state index is 0.0668. The average molecular weight is 245 g/mol. The third-order valence-electron chi connectivity index (χ3n) is 2.62. The van der Waals surface area contributed by atoms with Crippen molar-refractivity contribution in [3.8, 4) is 0 Å². The standard InChI is InChI=1S/C12H14F3NO/c1-2-8(7-16)11(17)9-4-3-5-10(6-9)12(13,14)15/h3-6,8H,2,7,16H2,1H3. The predicted octanol–water partition coefficient (Wildman–Crippen LogP) is 2.87. The van der Waals surface area contributed by atoms with Crippen LogP contribution in [0.15, 0.2) is 24.3 Å². The van der Waals surface area contributed by atoms with Crippen molar-refractivity contribution >= 4 is 5.78 Å². The summed E-state index contributed by atoms with van der Waals surface area (Å²) in [7, 11) is 0. The SMILES string of the molecule is CCC(CN)C(=O)c1cccc(C(F)(F)F)c1. The maximum atomic E-state index is 12.5. The van der Waals surface area contributed by atoms with Crippen molar-refractivity contribution in [3.63, 3.8) is 0 Å². The lowest BCUT2D eigenvalue weighted by Gasteiger charge is -2.12. The highest BCUT2D eigenvalue weighted by atomic mass is 19.4. The Morgan fingerprint density at radius 2 is 2.06 bits per heavy atom. The average Bonchev–Trinajstić information content (AvgIpc) is 2.29. The molecule has 2 nitrogen and oxygen atoms in total. The summed E-state index contributed by atoms with van der Waals surface area (Å²) in [6.45, 7) is 1.93. The molecule has 94 valence electrons. The van der Waals surface area contributed by atoms with Crippen molar-refractivity contribution in [2.45, 2.75) is 19.5 Å². The summed E-state index contributed by atoms with van der Waals surface area (Å²) in [6, 6.07) is 4.44. The molecule has 17 heavy (non-hydrogen) atoms. The van der Waals surface area contributed by atoms with Crippen LogP contribution in [0.3, 0.4) is 0 Å². The van der Waals surface area contributed by atoms with Gasteiger partial charge < -0.3 is 5.73 Å². The van der Waals surface area contributed by atoms with Crippen LogP contribution in [0.25, 0.3) is 0 Å². The Bertz CT molecular complexity index is 397. The van der Waals surface area contributed by atoms with E-state index in [1.54, 1.807) is 6.92 Å². The van der Waals surface area contributed by atoms with Gasteiger partial charge >= 0.3 is 6.18 Å². The minimum atomic E-state index is -4.43. The van der Waals surface area contributed by atoms with Crippen LogP contribution in [0.2, 0.25) is 0 Å². The van der Waals surface area contributed by atoms with Gasteiger partial charge in [0.25, 0.3) is 0 Å². The molecular formula is C12H14F3NO. The Balaban J connectivity index is 3.04. The molecule has 0 aromatic heterocycles. The first-order chi connectivity index (χ1) is 7.90. The van der Waals surface area contributed by atoms with Crippen LogP contribution < -0.4 is 5.73 Å². The molecule has 0 spiro atoms. The number of Topliss-reactive ketones (excluding diaryl/α,β-unsaturated/α-hetero) is 1. The van der Waals surface area contributed by atoms with E-state index < -0.39 is 17.7 Å². The van der Waals surface area contributed by atoms with Gasteiger partial charge in [-0.3, -0.25) is 4.79 Å². The highest BCUT2D eigenvalue weighted by molar-refractivity contribution is 5.98. The van der Waals surface area contributed by atoms with Crippen LogP contribution in [0, 0.1) is 5.92 Å². The summed E-state index contributed by atoms with van der Waals surface area (Å²) in [4.78, 5) is 11.8. The van der Waals surface area contributed by atoms with Gasteiger partial charge in [-0.1, -0.05) is 19.1 Å². The van der Waals surface area contributed by atoms with E-state index in [-0.39, 0.29) is 17.9 Å². The zero-order chi connectivity index (χ0) is 13.1. The number of halogens is 3. The fraction of sp³-hybridized carbons (Fsp3) is 0.417. The maximum Gasteiger partial charge on any atom is 0.416 e. The topological polar surface area (TPSA) is 43.1 Å². The summed E-state index contributed by atoms with van der Waals surface area (Å²) in [6.07, 6.45) is -3.91. The fourth-order valence-corrected chi connectivity index (χ4v) is 1.54. The van der Waals surface area contributed by atoms with Crippen molar-refractivity contribution < 1.29 is 18.0 Å². The molecule has 1 unspecified atom stereocenters. The van der Waals surface area contributed by atoms with Crippen LogP contribution >= 0.6 is 0 Å². The second-order valence-corrected chi connectivity index (χ2v) is 3.78. The quantitative estimate of drug-likeness (QED) is 0.829. The van der Waals surface area contributed by atoms with Gasteiger partial charge in [0.05, 0.1) is 5.56 Å². The second kappa shape index (κ2) is 5.31. The number of ketones is 1. The number of carbonyl (C=O) groups excluding carboxylic acids is 1. The molecule has 0 aliphatic carbocycles. The van der Waals surface area contributed by atoms with Gasteiger partial charge in [0.1, 0.15) is 0 Å². The Kier molecular flexibility index (Phi) is 4.28. The van der Waals surface area contributed by atoms with Gasteiger partial charge in [0, 0.05) is 18.0 Å². The number of benzene rings is 1. The summed E-state index contributed by atoms with van der Waals surface area (Å²) in [5.41, 5.74) is 4.66. The van der Waals surface area contributed by atoms with E-state index in [4.69, 9.17) is 5.73 Å². The second-order valence-electron chi connectivity index (χ2n) is 3.78. The van der Waals surface area contributed by atoms with Crippen molar-refractivity contribution in [2.75, 3.05) is 6.54 Å². The highest BCUT2D eigenvalue weighted by Gasteiger charge is 2.31. The van der Waals surface area contributed by atoms with Crippen LogP contribution in [0.4, 0.5) is 13.2 Å². The molecule has 0 saturated heterocycles. The normalized spacial score (nSPS) is 13.5. The number of carbonyl (C=O) groups is 1. The molecule has 0 bridgehead atoms. The molecule has 0 amide bonds. The lowest BCUT2D eigenvalue weighted by molar-refractivity contribution is -0.137. The first-order valence-corrected chi connectivity index (χ1v) is 5.31. The Morgan fingerprint density at radius 1 is 1.41 bits per heavy atom. The lowest BCUT2D eigenvalue weighted by Crippen LogP contribution is -2.23. The smallest absolute Gasteiger partial charge is 0.330 e. The molecule has 1 rings (SSSR count). The number of hydrogen-bond acceptors (Lipinski definition) is 2. The van der Waals surface area contributed by atoms with Gasteiger partial charge in [-0.15, -0.1) is 0 Å². The van der Waals surface area contributed by atoms with Crippen LogP contribution in [-0.4, -0.2) is 12.3 Å². The van der Waals surface area contributed by atoms with E-state index in [0.29, 0.717) is 6.42 Å². The molecule has 2 N–H and O–H groups in total. The summed E-state index contributed by atoms with van der Waals surface area (Å²) >= 11 is 0. The van der Waals surface area contributed by atoms with Crippen molar-refractivity contribution in [3.05, 3.63) is 35.4 Å². The summed E-state index contributed by atoms with van der Waals surface area (Å²) < 4.78 is 37.4. The van der Waals surface area contributed by atoms with Crippen molar-refractivity contribution in [1.82, 2.24) is 0 Å². The lowest BCUT2D eigenvalue weighted by atomic mass is 9.94. The van der Waals surface area contributed by atoms with Crippen molar-refractivity contribution in [2.24, 2.45) is 11.7 Å². The minimum Gasteiger partial charge on any atom is -0.330 e. The van der Waals surface area contributed by atoms with Gasteiger partial charge in [-0.2, -0.15) is 13.2 Å². The molecule has 0 radical (unpaired) electrons. The zero-order valence-electron chi connectivity index (χ0n) is 9.42. The third kappa shape index (κ3) is 3.30. The van der Waals surface area contributed by atoms with E-state index in [2.05, 4.69) is 0 Å². The maximum absolute atomic E-state index is 12.5. The molecule has 0 aliphatic rings. The van der Waals surface area contributed by atoms with Crippen LogP contribution in [-0.2, 0) is 6.18 Å². The monoisotopic (exact) mass is 245 g/mol. The summed E-state index contributed by atoms with van der Waals surface area (Å²) in [5.74, 6) is -0.750. The first-order valence-electron chi connectivity index (χ1n) is 5.31. The van der Waals surface area contributed by atoms with Gasteiger partial charge in [-0.05, 0) is 18.6 Å². The number of alkyl halides is 3. The Hall–Kier alpha value is -1.36. The molecule has 1 aromatic carbocycles. The van der Waals surface area contributed by atoms with Crippen molar-refractivity contribution in [1.29, 1.82) is 0 Å². The number of rotatable bonds is 4. The Labute approximate surface area is 97.6 Å². The van der Waals surface area contributed by atoms with Crippen LogP contribution in [0.5, 0.6) is 0 Å². The molecule has 1 aromatic rings. The largest absolute Gasteiger partial charge is 0.416 e. The molecule has 1 atom stereocenters. The zero-order valence-corrected chi connectivity index (χ0v) is 9.42. The van der Waals surface area contributed by atoms with E-state index in [1.165, 1.54) is 12.1 Å². The number of nitrogens with two attached hydrogens (primary N) is 1. The van der Waals surface area contributed by atoms with E-state index in [1.807, 2.05) is 0 Å². The third-order valence-corrected chi connectivity index (χ3v) is 2.62. The summed E-state index contributed by atoms with van der Waals surface area (Å²) in [5, 5.41) is 0. The van der Waals surface area contributed by atoms with Gasteiger partial charge in [0.2, 0.25) is 0 Å². The van der Waals surface area contributed by atoms with Gasteiger partial charge in [-0.25, -0.2) is 0 Å². The fourth-order valence-electron chi connectivity index (χ4n) is 1.54. The Morgan fingerprint density at radius 3 is 2.53 bits per heavy atom. The van der Waals surface area contributed by atoms with Gasteiger partial charge in [0.15, 0.2) is 5.78 Å². The van der Waals surface area contributed by atoms with E-state index in [9.17, 15) is 18.0 Å². The molecule has 0 aliphatic heterocycles. The molecular weight excluding hydrogens is 231 g/mol. The molecule has 0 fully saturated rings. The predicted molar refractivity (Wildman–Crippen MR) is 58.6 cm³/mol. The van der Waals surface area contributed by atoms with Crippen LogP contribution in [0.1, 0.15) is 29.3 Å². The number of hydrogen-bond donors (Lipinski definition) is 1. The first kappa shape index (κ1) is 13.7. The van der Waals surface area contributed by atoms with E-state index in [0.717, 1.165) is 12.1 Å². The molecule has 0 saturated carbocycles. The highest BCUT2D eigenvalue weighted by Crippen LogP contribution is 2.30.